The molecule has 0 atom stereocenters. The van der Waals surface area contributed by atoms with Crippen LogP contribution in [0.25, 0.3) is 0 Å². The number of aryl methyl sites for hydroxylation is 1. The van der Waals surface area contributed by atoms with Crippen LogP contribution in [0.4, 0.5) is 5.69 Å². The zero-order valence-electron chi connectivity index (χ0n) is 17.3. The molecule has 0 radical (unpaired) electrons. The molecule has 0 saturated heterocycles. The number of hydrogen-bond donors (Lipinski definition) is 1. The highest BCUT2D eigenvalue weighted by Gasteiger charge is 2.10. The van der Waals surface area contributed by atoms with Crippen LogP contribution in [0.5, 0.6) is 5.75 Å². The molecule has 0 bridgehead atoms. The van der Waals surface area contributed by atoms with Gasteiger partial charge in [-0.25, -0.2) is 4.79 Å². The van der Waals surface area contributed by atoms with Gasteiger partial charge >= 0.3 is 11.9 Å². The van der Waals surface area contributed by atoms with Crippen molar-refractivity contribution in [1.29, 1.82) is 0 Å². The van der Waals surface area contributed by atoms with Crippen LogP contribution in [0.2, 0.25) is 0 Å². The SMILES string of the molecule is CCCCOC(=O)c1ccc(NC(=O)COC(=O)CCOc2ccc(C)cc2)cc1. The van der Waals surface area contributed by atoms with Crippen LogP contribution in [0.15, 0.2) is 48.5 Å². The summed E-state index contributed by atoms with van der Waals surface area (Å²) in [7, 11) is 0. The smallest absolute Gasteiger partial charge is 0.338 e. The van der Waals surface area contributed by atoms with Crippen LogP contribution in [-0.2, 0) is 19.1 Å². The fourth-order valence-corrected chi connectivity index (χ4v) is 2.38. The minimum Gasteiger partial charge on any atom is -0.493 e. The number of carbonyl (C=O) groups is 3. The second-order valence-corrected chi connectivity index (χ2v) is 6.69. The number of hydrogen-bond acceptors (Lipinski definition) is 6. The summed E-state index contributed by atoms with van der Waals surface area (Å²) in [6.07, 6.45) is 1.80. The first kappa shape index (κ1) is 22.9. The van der Waals surface area contributed by atoms with Crippen molar-refractivity contribution in [1.82, 2.24) is 0 Å². The van der Waals surface area contributed by atoms with E-state index in [0.717, 1.165) is 18.4 Å². The summed E-state index contributed by atoms with van der Waals surface area (Å²) in [6, 6.07) is 13.8. The summed E-state index contributed by atoms with van der Waals surface area (Å²) in [4.78, 5) is 35.5. The van der Waals surface area contributed by atoms with Crippen molar-refractivity contribution in [2.24, 2.45) is 0 Å². The number of amides is 1. The Kier molecular flexibility index (Phi) is 9.37. The molecule has 7 heteroatoms. The van der Waals surface area contributed by atoms with Gasteiger partial charge in [0.25, 0.3) is 5.91 Å². The van der Waals surface area contributed by atoms with E-state index in [2.05, 4.69) is 5.32 Å². The first-order valence-electron chi connectivity index (χ1n) is 9.90. The molecule has 0 heterocycles. The Hall–Kier alpha value is -3.35. The van der Waals surface area contributed by atoms with Crippen molar-refractivity contribution in [2.45, 2.75) is 33.1 Å². The number of anilines is 1. The van der Waals surface area contributed by atoms with Crippen LogP contribution in [0, 0.1) is 6.92 Å². The minimum absolute atomic E-state index is 0.0377. The molecule has 2 rings (SSSR count). The molecule has 0 aliphatic carbocycles. The molecular weight excluding hydrogens is 386 g/mol. The number of benzene rings is 2. The molecule has 30 heavy (non-hydrogen) atoms. The first-order valence-corrected chi connectivity index (χ1v) is 9.90. The van der Waals surface area contributed by atoms with Gasteiger partial charge in [0.2, 0.25) is 0 Å². The Morgan fingerprint density at radius 3 is 2.27 bits per heavy atom. The lowest BCUT2D eigenvalue weighted by molar-refractivity contribution is -0.147. The van der Waals surface area contributed by atoms with Crippen LogP contribution in [0.1, 0.15) is 42.1 Å². The van der Waals surface area contributed by atoms with Gasteiger partial charge in [-0.2, -0.15) is 0 Å². The van der Waals surface area contributed by atoms with Crippen molar-refractivity contribution in [2.75, 3.05) is 25.1 Å². The molecule has 2 aromatic rings. The number of esters is 2. The molecule has 2 aromatic carbocycles. The van der Waals surface area contributed by atoms with Crippen LogP contribution in [0.3, 0.4) is 0 Å². The molecule has 1 amide bonds. The Morgan fingerprint density at radius 1 is 0.900 bits per heavy atom. The van der Waals surface area contributed by atoms with Gasteiger partial charge in [-0.3, -0.25) is 9.59 Å². The second-order valence-electron chi connectivity index (χ2n) is 6.69. The largest absolute Gasteiger partial charge is 0.493 e. The Bertz CT molecular complexity index is 830. The van der Waals surface area contributed by atoms with Gasteiger partial charge in [0, 0.05) is 5.69 Å². The summed E-state index contributed by atoms with van der Waals surface area (Å²) < 4.78 is 15.5. The maximum absolute atomic E-state index is 11.9. The maximum Gasteiger partial charge on any atom is 0.338 e. The molecule has 0 fully saturated rings. The van der Waals surface area contributed by atoms with Gasteiger partial charge in [-0.05, 0) is 49.7 Å². The van der Waals surface area contributed by atoms with Crippen LogP contribution >= 0.6 is 0 Å². The molecule has 0 aliphatic heterocycles. The highest BCUT2D eigenvalue weighted by molar-refractivity contribution is 5.94. The molecule has 0 saturated carbocycles. The normalized spacial score (nSPS) is 10.2. The monoisotopic (exact) mass is 413 g/mol. The topological polar surface area (TPSA) is 90.9 Å². The molecule has 1 N–H and O–H groups in total. The molecule has 0 spiro atoms. The number of nitrogens with one attached hydrogen (secondary N) is 1. The molecule has 0 aromatic heterocycles. The average molecular weight is 413 g/mol. The zero-order valence-corrected chi connectivity index (χ0v) is 17.3. The molecule has 7 nitrogen and oxygen atoms in total. The van der Waals surface area contributed by atoms with Crippen molar-refractivity contribution in [3.05, 3.63) is 59.7 Å². The fourth-order valence-electron chi connectivity index (χ4n) is 2.38. The summed E-state index contributed by atoms with van der Waals surface area (Å²) >= 11 is 0. The number of rotatable bonds is 11. The van der Waals surface area contributed by atoms with Crippen LogP contribution in [-0.4, -0.2) is 37.7 Å². The van der Waals surface area contributed by atoms with Gasteiger partial charge in [0.05, 0.1) is 25.2 Å². The lowest BCUT2D eigenvalue weighted by atomic mass is 10.2. The lowest BCUT2D eigenvalue weighted by Gasteiger charge is -2.09. The zero-order chi connectivity index (χ0) is 21.8. The van der Waals surface area contributed by atoms with E-state index < -0.39 is 24.5 Å². The Morgan fingerprint density at radius 2 is 1.60 bits per heavy atom. The Labute approximate surface area is 176 Å². The van der Waals surface area contributed by atoms with Gasteiger partial charge in [-0.15, -0.1) is 0 Å². The first-order chi connectivity index (χ1) is 14.5. The van der Waals surface area contributed by atoms with Crippen molar-refractivity contribution >= 4 is 23.5 Å². The Balaban J connectivity index is 1.66. The van der Waals surface area contributed by atoms with E-state index in [1.54, 1.807) is 24.3 Å². The number of ether oxygens (including phenoxy) is 3. The third kappa shape index (κ3) is 8.34. The average Bonchev–Trinajstić information content (AvgIpc) is 2.74. The highest BCUT2D eigenvalue weighted by Crippen LogP contribution is 2.12. The number of carbonyl (C=O) groups excluding carboxylic acids is 3. The summed E-state index contributed by atoms with van der Waals surface area (Å²) in [6.45, 7) is 4.14. The highest BCUT2D eigenvalue weighted by atomic mass is 16.5. The third-order valence-corrected chi connectivity index (χ3v) is 4.10. The third-order valence-electron chi connectivity index (χ3n) is 4.10. The second kappa shape index (κ2) is 12.3. The summed E-state index contributed by atoms with van der Waals surface area (Å²) in [5.74, 6) is -0.726. The van der Waals surface area contributed by atoms with Crippen molar-refractivity contribution in [3.8, 4) is 5.75 Å². The maximum atomic E-state index is 11.9. The van der Waals surface area contributed by atoms with Crippen molar-refractivity contribution in [3.63, 3.8) is 0 Å². The van der Waals surface area contributed by atoms with E-state index in [9.17, 15) is 14.4 Å². The molecular formula is C23H27NO6. The molecule has 160 valence electrons. The van der Waals surface area contributed by atoms with Gasteiger partial charge in [-0.1, -0.05) is 31.0 Å². The fraction of sp³-hybridized carbons (Fsp3) is 0.348. The summed E-state index contributed by atoms with van der Waals surface area (Å²) in [5, 5.41) is 2.60. The van der Waals surface area contributed by atoms with Crippen LogP contribution < -0.4 is 10.1 Å². The standard InChI is InChI=1S/C23H27NO6/c1-3-4-14-29-23(27)18-7-9-19(10-8-18)24-21(25)16-30-22(26)13-15-28-20-11-5-17(2)6-12-20/h5-12H,3-4,13-16H2,1-2H3,(H,24,25). The van der Waals surface area contributed by atoms with E-state index in [1.165, 1.54) is 0 Å². The predicted molar refractivity (Wildman–Crippen MR) is 113 cm³/mol. The van der Waals surface area contributed by atoms with E-state index in [4.69, 9.17) is 14.2 Å². The van der Waals surface area contributed by atoms with E-state index >= 15 is 0 Å². The lowest BCUT2D eigenvalue weighted by Crippen LogP contribution is -2.21. The summed E-state index contributed by atoms with van der Waals surface area (Å²) in [5.41, 5.74) is 2.02. The van der Waals surface area contributed by atoms with Gasteiger partial charge < -0.3 is 19.5 Å². The molecule has 0 aliphatic rings. The van der Waals surface area contributed by atoms with E-state index in [1.807, 2.05) is 38.1 Å². The number of unbranched alkanes of at least 4 members (excludes halogenated alkanes) is 1. The quantitative estimate of drug-likeness (QED) is 0.444. The predicted octanol–water partition coefficient (Wildman–Crippen LogP) is 3.90. The molecule has 0 unspecified atom stereocenters. The minimum atomic E-state index is -0.526. The van der Waals surface area contributed by atoms with Crippen molar-refractivity contribution < 1.29 is 28.6 Å². The van der Waals surface area contributed by atoms with Gasteiger partial charge in [0.15, 0.2) is 6.61 Å². The van der Waals surface area contributed by atoms with E-state index in [0.29, 0.717) is 23.6 Å². The van der Waals surface area contributed by atoms with E-state index in [-0.39, 0.29) is 13.0 Å². The van der Waals surface area contributed by atoms with Gasteiger partial charge in [0.1, 0.15) is 5.75 Å².